The van der Waals surface area contributed by atoms with Crippen molar-refractivity contribution in [1.29, 1.82) is 0 Å². The van der Waals surface area contributed by atoms with Gasteiger partial charge in [0, 0.05) is 18.2 Å². The largest absolute Gasteiger partial charge is 0.391 e. The molecule has 1 aliphatic rings. The molecule has 0 unspecified atom stereocenters. The van der Waals surface area contributed by atoms with E-state index in [0.29, 0.717) is 0 Å². The first-order valence-electron chi connectivity index (χ1n) is 8.66. The highest BCUT2D eigenvalue weighted by atomic mass is 16.3. The molecule has 1 saturated carbocycles. The highest BCUT2D eigenvalue weighted by Gasteiger charge is 2.29. The predicted octanol–water partition coefficient (Wildman–Crippen LogP) is 4.23. The Balaban J connectivity index is 1.73. The fraction of sp³-hybridized carbons (Fsp3) is 0.286. The zero-order chi connectivity index (χ0) is 16.4. The fourth-order valence-corrected chi connectivity index (χ4v) is 3.63. The Morgan fingerprint density at radius 1 is 0.958 bits per heavy atom. The molecule has 1 N–H and O–H groups in total. The van der Waals surface area contributed by atoms with Gasteiger partial charge in [-0.15, -0.1) is 0 Å². The summed E-state index contributed by atoms with van der Waals surface area (Å²) in [7, 11) is 0. The van der Waals surface area contributed by atoms with Crippen LogP contribution in [0.5, 0.6) is 0 Å². The predicted molar refractivity (Wildman–Crippen MR) is 95.8 cm³/mol. The van der Waals surface area contributed by atoms with Crippen molar-refractivity contribution >= 4 is 0 Å². The molecule has 1 heterocycles. The van der Waals surface area contributed by atoms with Gasteiger partial charge in [-0.2, -0.15) is 0 Å². The van der Waals surface area contributed by atoms with Crippen LogP contribution in [-0.4, -0.2) is 20.8 Å². The Hall–Kier alpha value is -2.39. The van der Waals surface area contributed by atoms with Gasteiger partial charge < -0.3 is 9.67 Å². The van der Waals surface area contributed by atoms with Crippen molar-refractivity contribution in [2.24, 2.45) is 0 Å². The third-order valence-electron chi connectivity index (χ3n) is 4.84. The summed E-state index contributed by atoms with van der Waals surface area (Å²) in [5, 5.41) is 10.4. The molecule has 24 heavy (non-hydrogen) atoms. The molecule has 3 aromatic rings. The molecule has 0 bridgehead atoms. The van der Waals surface area contributed by atoms with Crippen LogP contribution in [0.3, 0.4) is 0 Å². The molecule has 1 aliphatic carbocycles. The van der Waals surface area contributed by atoms with Crippen molar-refractivity contribution in [3.8, 4) is 11.4 Å². The SMILES string of the molecule is O[C@H]1CCC[C@H]1n1cc(Cc2ccccc2)nc1-c1ccccc1. The summed E-state index contributed by atoms with van der Waals surface area (Å²) in [5.41, 5.74) is 3.42. The van der Waals surface area contributed by atoms with Crippen molar-refractivity contribution < 1.29 is 5.11 Å². The third-order valence-corrected chi connectivity index (χ3v) is 4.84. The van der Waals surface area contributed by atoms with Gasteiger partial charge >= 0.3 is 0 Å². The number of aliphatic hydroxyl groups is 1. The standard InChI is InChI=1S/C21H22N2O/c24-20-13-7-12-19(20)23-15-18(14-16-8-3-1-4-9-16)22-21(23)17-10-5-2-6-11-17/h1-6,8-11,15,19-20,24H,7,12-14H2/t19-,20+/m1/s1. The minimum atomic E-state index is -0.272. The fourth-order valence-electron chi connectivity index (χ4n) is 3.63. The second kappa shape index (κ2) is 6.62. The van der Waals surface area contributed by atoms with E-state index in [1.165, 1.54) is 5.56 Å². The number of aliphatic hydroxyl groups excluding tert-OH is 1. The average Bonchev–Trinajstić information content (AvgIpc) is 3.22. The van der Waals surface area contributed by atoms with Gasteiger partial charge in [0.2, 0.25) is 0 Å². The maximum atomic E-state index is 10.4. The molecule has 0 spiro atoms. The first-order valence-corrected chi connectivity index (χ1v) is 8.66. The van der Waals surface area contributed by atoms with Gasteiger partial charge in [-0.25, -0.2) is 4.98 Å². The van der Waals surface area contributed by atoms with E-state index in [0.717, 1.165) is 42.8 Å². The summed E-state index contributed by atoms with van der Waals surface area (Å²) in [6.07, 6.45) is 5.65. The second-order valence-corrected chi connectivity index (χ2v) is 6.56. The van der Waals surface area contributed by atoms with Crippen LogP contribution in [0.1, 0.15) is 36.6 Å². The zero-order valence-electron chi connectivity index (χ0n) is 13.7. The molecule has 2 atom stereocenters. The summed E-state index contributed by atoms with van der Waals surface area (Å²) in [5.74, 6) is 0.965. The van der Waals surface area contributed by atoms with Crippen molar-refractivity contribution in [1.82, 2.24) is 9.55 Å². The monoisotopic (exact) mass is 318 g/mol. The number of hydrogen-bond acceptors (Lipinski definition) is 2. The summed E-state index contributed by atoms with van der Waals surface area (Å²) >= 11 is 0. The first-order chi connectivity index (χ1) is 11.8. The number of benzene rings is 2. The lowest BCUT2D eigenvalue weighted by atomic mass is 10.1. The van der Waals surface area contributed by atoms with Crippen LogP contribution in [0.4, 0.5) is 0 Å². The molecule has 4 rings (SSSR count). The van der Waals surface area contributed by atoms with E-state index in [4.69, 9.17) is 4.98 Å². The lowest BCUT2D eigenvalue weighted by molar-refractivity contribution is 0.137. The van der Waals surface area contributed by atoms with Gasteiger partial charge in [-0.1, -0.05) is 60.7 Å². The minimum absolute atomic E-state index is 0.136. The van der Waals surface area contributed by atoms with E-state index in [1.54, 1.807) is 0 Å². The van der Waals surface area contributed by atoms with E-state index in [9.17, 15) is 5.11 Å². The molecule has 122 valence electrons. The van der Waals surface area contributed by atoms with Gasteiger partial charge in [-0.05, 0) is 24.8 Å². The van der Waals surface area contributed by atoms with E-state index in [-0.39, 0.29) is 12.1 Å². The molecule has 3 heteroatoms. The van der Waals surface area contributed by atoms with Crippen LogP contribution in [0.15, 0.2) is 66.9 Å². The van der Waals surface area contributed by atoms with Crippen LogP contribution in [-0.2, 0) is 6.42 Å². The maximum Gasteiger partial charge on any atom is 0.140 e. The van der Waals surface area contributed by atoms with Crippen LogP contribution in [0, 0.1) is 0 Å². The molecular formula is C21H22N2O. The molecular weight excluding hydrogens is 296 g/mol. The molecule has 3 nitrogen and oxygen atoms in total. The molecule has 0 amide bonds. The minimum Gasteiger partial charge on any atom is -0.391 e. The van der Waals surface area contributed by atoms with Gasteiger partial charge in [0.05, 0.1) is 17.8 Å². The Morgan fingerprint density at radius 3 is 2.33 bits per heavy atom. The summed E-state index contributed by atoms with van der Waals surface area (Å²) in [4.78, 5) is 4.91. The quantitative estimate of drug-likeness (QED) is 0.782. The third kappa shape index (κ3) is 3.00. The van der Waals surface area contributed by atoms with Crippen molar-refractivity contribution in [3.05, 3.63) is 78.1 Å². The lowest BCUT2D eigenvalue weighted by Crippen LogP contribution is -2.18. The summed E-state index contributed by atoms with van der Waals surface area (Å²) in [6, 6.07) is 20.8. The smallest absolute Gasteiger partial charge is 0.140 e. The van der Waals surface area contributed by atoms with E-state index in [1.807, 2.05) is 24.3 Å². The summed E-state index contributed by atoms with van der Waals surface area (Å²) in [6.45, 7) is 0. The van der Waals surface area contributed by atoms with E-state index >= 15 is 0 Å². The molecule has 1 fully saturated rings. The van der Waals surface area contributed by atoms with Gasteiger partial charge in [-0.3, -0.25) is 0 Å². The Labute approximate surface area is 142 Å². The van der Waals surface area contributed by atoms with Gasteiger partial charge in [0.1, 0.15) is 5.82 Å². The van der Waals surface area contributed by atoms with Crippen molar-refractivity contribution in [2.45, 2.75) is 37.8 Å². The molecule has 0 saturated heterocycles. The van der Waals surface area contributed by atoms with Gasteiger partial charge in [0.25, 0.3) is 0 Å². The molecule has 0 radical (unpaired) electrons. The highest BCUT2D eigenvalue weighted by Crippen LogP contribution is 2.34. The zero-order valence-corrected chi connectivity index (χ0v) is 13.7. The van der Waals surface area contributed by atoms with Crippen molar-refractivity contribution in [2.75, 3.05) is 0 Å². The first kappa shape index (κ1) is 15.2. The topological polar surface area (TPSA) is 38.0 Å². The number of hydrogen-bond donors (Lipinski definition) is 1. The van der Waals surface area contributed by atoms with E-state index < -0.39 is 0 Å². The van der Waals surface area contributed by atoms with Gasteiger partial charge in [0.15, 0.2) is 0 Å². The summed E-state index contributed by atoms with van der Waals surface area (Å²) < 4.78 is 2.20. The number of imidazole rings is 1. The lowest BCUT2D eigenvalue weighted by Gasteiger charge is -2.19. The van der Waals surface area contributed by atoms with Crippen LogP contribution < -0.4 is 0 Å². The Morgan fingerprint density at radius 2 is 1.67 bits per heavy atom. The van der Waals surface area contributed by atoms with Crippen LogP contribution in [0.25, 0.3) is 11.4 Å². The maximum absolute atomic E-state index is 10.4. The van der Waals surface area contributed by atoms with E-state index in [2.05, 4.69) is 47.2 Å². The molecule has 0 aliphatic heterocycles. The van der Waals surface area contributed by atoms with Crippen molar-refractivity contribution in [3.63, 3.8) is 0 Å². The Kier molecular flexibility index (Phi) is 4.18. The van der Waals surface area contributed by atoms with Crippen LogP contribution in [0.2, 0.25) is 0 Å². The number of aromatic nitrogens is 2. The average molecular weight is 318 g/mol. The normalized spacial score (nSPS) is 20.4. The Bertz CT molecular complexity index is 795. The molecule has 1 aromatic heterocycles. The second-order valence-electron chi connectivity index (χ2n) is 6.56. The number of nitrogens with zero attached hydrogens (tertiary/aromatic N) is 2. The highest BCUT2D eigenvalue weighted by molar-refractivity contribution is 5.56. The number of rotatable bonds is 4. The molecule has 2 aromatic carbocycles. The van der Waals surface area contributed by atoms with Crippen LogP contribution >= 0.6 is 0 Å².